The Morgan fingerprint density at radius 2 is 2.18 bits per heavy atom. The van der Waals surface area contributed by atoms with Gasteiger partial charge in [-0.25, -0.2) is 4.98 Å². The topological polar surface area (TPSA) is 46.4 Å². The predicted molar refractivity (Wildman–Crippen MR) is 87.8 cm³/mol. The minimum atomic E-state index is 0.201. The third-order valence-corrected chi connectivity index (χ3v) is 4.63. The normalized spacial score (nSPS) is 16.0. The minimum absolute atomic E-state index is 0.201. The lowest BCUT2D eigenvalue weighted by molar-refractivity contribution is -0.122. The molecule has 1 saturated carbocycles. The van der Waals surface area contributed by atoms with E-state index in [0.717, 1.165) is 17.8 Å². The van der Waals surface area contributed by atoms with Gasteiger partial charge < -0.3 is 9.72 Å². The maximum Gasteiger partial charge on any atom is 0.220 e. The number of carbonyl (C=O) groups excluding carboxylic acids is 1. The first kappa shape index (κ1) is 15.1. The lowest BCUT2D eigenvalue weighted by Gasteiger charge is -2.20. The average molecular weight is 299 g/mol. The summed E-state index contributed by atoms with van der Waals surface area (Å²) in [5.41, 5.74) is 3.22. The first-order valence-electron chi connectivity index (χ1n) is 8.42. The van der Waals surface area contributed by atoms with Crippen molar-refractivity contribution in [3.8, 4) is 0 Å². The molecule has 1 aliphatic rings. The zero-order valence-electron chi connectivity index (χ0n) is 13.3. The fourth-order valence-electron chi connectivity index (χ4n) is 3.38. The molecule has 0 atom stereocenters. The summed E-state index contributed by atoms with van der Waals surface area (Å²) in [6.45, 7) is 2.74. The molecule has 1 aliphatic carbocycles. The quantitative estimate of drug-likeness (QED) is 0.921. The van der Waals surface area contributed by atoms with E-state index in [1.54, 1.807) is 0 Å². The minimum Gasteiger partial charge on any atom is -0.356 e. The summed E-state index contributed by atoms with van der Waals surface area (Å²) in [6.07, 6.45) is 11.9. The van der Waals surface area contributed by atoms with Crippen molar-refractivity contribution >= 4 is 11.6 Å². The summed E-state index contributed by atoms with van der Waals surface area (Å²) >= 11 is 0. The van der Waals surface area contributed by atoms with Crippen LogP contribution in [0.2, 0.25) is 0 Å². The number of pyridine rings is 1. The molecule has 4 nitrogen and oxygen atoms in total. The Kier molecular flexibility index (Phi) is 4.76. The van der Waals surface area contributed by atoms with Crippen LogP contribution < -0.4 is 5.32 Å². The van der Waals surface area contributed by atoms with Crippen LogP contribution in [0.4, 0.5) is 0 Å². The molecule has 118 valence electrons. The number of aryl methyl sites for hydroxylation is 1. The van der Waals surface area contributed by atoms with Crippen LogP contribution in [0.15, 0.2) is 24.5 Å². The molecule has 0 bridgehead atoms. The Balaban J connectivity index is 1.47. The van der Waals surface area contributed by atoms with Gasteiger partial charge in [-0.1, -0.05) is 25.3 Å². The maximum absolute atomic E-state index is 12.0. The Hall–Kier alpha value is -1.84. The number of aromatic nitrogens is 2. The summed E-state index contributed by atoms with van der Waals surface area (Å²) in [4.78, 5) is 16.6. The van der Waals surface area contributed by atoms with Crippen molar-refractivity contribution < 1.29 is 4.79 Å². The molecule has 0 saturated heterocycles. The number of rotatable bonds is 5. The lowest BCUT2D eigenvalue weighted by Crippen LogP contribution is -2.28. The molecule has 2 aromatic rings. The SMILES string of the molecule is Cc1cccn2cc(CCNC(=O)CC3CCCCC3)nc12. The molecule has 2 aromatic heterocycles. The van der Waals surface area contributed by atoms with Crippen molar-refractivity contribution in [2.24, 2.45) is 5.92 Å². The molecule has 2 heterocycles. The van der Waals surface area contributed by atoms with Crippen molar-refractivity contribution in [1.29, 1.82) is 0 Å². The zero-order chi connectivity index (χ0) is 15.4. The average Bonchev–Trinajstić information content (AvgIpc) is 2.93. The second kappa shape index (κ2) is 6.95. The molecule has 0 unspecified atom stereocenters. The van der Waals surface area contributed by atoms with Gasteiger partial charge in [0, 0.05) is 31.8 Å². The van der Waals surface area contributed by atoms with Gasteiger partial charge in [0.1, 0.15) is 5.65 Å². The van der Waals surface area contributed by atoms with E-state index in [1.165, 1.54) is 37.7 Å². The second-order valence-corrected chi connectivity index (χ2v) is 6.46. The first-order valence-corrected chi connectivity index (χ1v) is 8.42. The van der Waals surface area contributed by atoms with Crippen molar-refractivity contribution in [3.63, 3.8) is 0 Å². The molecule has 22 heavy (non-hydrogen) atoms. The molecular formula is C18H25N3O. The number of hydrogen-bond donors (Lipinski definition) is 1. The van der Waals surface area contributed by atoms with Crippen molar-refractivity contribution in [3.05, 3.63) is 35.8 Å². The highest BCUT2D eigenvalue weighted by Gasteiger charge is 2.16. The van der Waals surface area contributed by atoms with Gasteiger partial charge in [0.15, 0.2) is 0 Å². The number of nitrogens with one attached hydrogen (secondary N) is 1. The smallest absolute Gasteiger partial charge is 0.220 e. The van der Waals surface area contributed by atoms with Gasteiger partial charge in [-0.15, -0.1) is 0 Å². The highest BCUT2D eigenvalue weighted by atomic mass is 16.1. The first-order chi connectivity index (χ1) is 10.7. The van der Waals surface area contributed by atoms with Crippen LogP contribution in [0.5, 0.6) is 0 Å². The van der Waals surface area contributed by atoms with E-state index in [-0.39, 0.29) is 5.91 Å². The predicted octanol–water partition coefficient (Wildman–Crippen LogP) is 3.27. The molecule has 0 spiro atoms. The molecule has 0 radical (unpaired) electrons. The van der Waals surface area contributed by atoms with Crippen molar-refractivity contribution in [1.82, 2.24) is 14.7 Å². The largest absolute Gasteiger partial charge is 0.356 e. The number of carbonyl (C=O) groups is 1. The third-order valence-electron chi connectivity index (χ3n) is 4.63. The van der Waals surface area contributed by atoms with E-state index in [4.69, 9.17) is 0 Å². The van der Waals surface area contributed by atoms with E-state index in [2.05, 4.69) is 33.9 Å². The zero-order valence-corrected chi connectivity index (χ0v) is 13.3. The van der Waals surface area contributed by atoms with Crippen LogP contribution in [0.1, 0.15) is 49.8 Å². The summed E-state index contributed by atoms with van der Waals surface area (Å²) < 4.78 is 2.05. The van der Waals surface area contributed by atoms with Gasteiger partial charge in [-0.05, 0) is 37.3 Å². The Labute approximate surface area is 131 Å². The molecule has 1 amide bonds. The number of amides is 1. The number of hydrogen-bond acceptors (Lipinski definition) is 2. The van der Waals surface area contributed by atoms with Crippen LogP contribution >= 0.6 is 0 Å². The summed E-state index contributed by atoms with van der Waals surface area (Å²) in [6, 6.07) is 4.10. The Morgan fingerprint density at radius 1 is 1.36 bits per heavy atom. The van der Waals surface area contributed by atoms with Gasteiger partial charge in [0.2, 0.25) is 5.91 Å². The van der Waals surface area contributed by atoms with E-state index < -0.39 is 0 Å². The van der Waals surface area contributed by atoms with Gasteiger partial charge in [-0.3, -0.25) is 4.79 Å². The fraction of sp³-hybridized carbons (Fsp3) is 0.556. The number of fused-ring (bicyclic) bond motifs is 1. The van der Waals surface area contributed by atoms with Crippen LogP contribution in [0.3, 0.4) is 0 Å². The second-order valence-electron chi connectivity index (χ2n) is 6.46. The van der Waals surface area contributed by atoms with Crippen molar-refractivity contribution in [2.75, 3.05) is 6.54 Å². The number of imidazole rings is 1. The molecule has 0 aromatic carbocycles. The Morgan fingerprint density at radius 3 is 2.95 bits per heavy atom. The highest BCUT2D eigenvalue weighted by molar-refractivity contribution is 5.76. The van der Waals surface area contributed by atoms with Crippen LogP contribution in [-0.2, 0) is 11.2 Å². The monoisotopic (exact) mass is 299 g/mol. The van der Waals surface area contributed by atoms with E-state index in [1.807, 2.05) is 12.3 Å². The van der Waals surface area contributed by atoms with Gasteiger partial charge >= 0.3 is 0 Å². The summed E-state index contributed by atoms with van der Waals surface area (Å²) in [5.74, 6) is 0.804. The van der Waals surface area contributed by atoms with Gasteiger partial charge in [0.25, 0.3) is 0 Å². The highest BCUT2D eigenvalue weighted by Crippen LogP contribution is 2.26. The van der Waals surface area contributed by atoms with Gasteiger partial charge in [0.05, 0.1) is 5.69 Å². The molecule has 3 rings (SSSR count). The molecule has 0 aliphatic heterocycles. The van der Waals surface area contributed by atoms with E-state index in [9.17, 15) is 4.79 Å². The Bertz CT molecular complexity index is 641. The number of nitrogens with zero attached hydrogens (tertiary/aromatic N) is 2. The van der Waals surface area contributed by atoms with Gasteiger partial charge in [-0.2, -0.15) is 0 Å². The fourth-order valence-corrected chi connectivity index (χ4v) is 3.38. The maximum atomic E-state index is 12.0. The molecular weight excluding hydrogens is 274 g/mol. The van der Waals surface area contributed by atoms with Crippen LogP contribution in [0.25, 0.3) is 5.65 Å². The summed E-state index contributed by atoms with van der Waals surface area (Å²) in [7, 11) is 0. The molecule has 1 fully saturated rings. The van der Waals surface area contributed by atoms with Crippen molar-refractivity contribution in [2.45, 2.75) is 51.9 Å². The van der Waals surface area contributed by atoms with E-state index >= 15 is 0 Å². The molecule has 1 N–H and O–H groups in total. The van der Waals surface area contributed by atoms with Crippen LogP contribution in [0, 0.1) is 12.8 Å². The lowest BCUT2D eigenvalue weighted by atomic mass is 9.87. The van der Waals surface area contributed by atoms with E-state index in [0.29, 0.717) is 18.9 Å². The third kappa shape index (κ3) is 3.67. The van der Waals surface area contributed by atoms with Crippen LogP contribution in [-0.4, -0.2) is 21.8 Å². The molecule has 4 heteroatoms. The standard InChI is InChI=1S/C18H25N3O/c1-14-6-5-11-21-13-16(20-18(14)21)9-10-19-17(22)12-15-7-3-2-4-8-15/h5-6,11,13,15H,2-4,7-10,12H2,1H3,(H,19,22). The summed E-state index contributed by atoms with van der Waals surface area (Å²) in [5, 5.41) is 3.05.